The first-order valence-corrected chi connectivity index (χ1v) is 6.86. The fourth-order valence-corrected chi connectivity index (χ4v) is 2.17. The van der Waals surface area contributed by atoms with Gasteiger partial charge in [-0.2, -0.15) is 5.10 Å². The highest BCUT2D eigenvalue weighted by Crippen LogP contribution is 2.21. The Labute approximate surface area is 123 Å². The van der Waals surface area contributed by atoms with Crippen molar-refractivity contribution in [2.75, 3.05) is 0 Å². The second kappa shape index (κ2) is 6.24. The van der Waals surface area contributed by atoms with E-state index in [9.17, 15) is 0 Å². The maximum atomic E-state index is 5.85. The lowest BCUT2D eigenvalue weighted by Crippen LogP contribution is -2.05. The summed E-state index contributed by atoms with van der Waals surface area (Å²) in [6.45, 7) is 1.01. The van der Waals surface area contributed by atoms with E-state index in [4.69, 9.17) is 10.5 Å². The molecule has 0 saturated carbocycles. The minimum atomic E-state index is 0.466. The Morgan fingerprint density at radius 1 is 1.05 bits per heavy atom. The number of rotatable bonds is 5. The molecule has 4 nitrogen and oxygen atoms in total. The van der Waals surface area contributed by atoms with Crippen LogP contribution < -0.4 is 10.5 Å². The van der Waals surface area contributed by atoms with Crippen LogP contribution in [-0.4, -0.2) is 9.78 Å². The molecule has 21 heavy (non-hydrogen) atoms. The van der Waals surface area contributed by atoms with Gasteiger partial charge in [-0.05, 0) is 23.3 Å². The smallest absolute Gasteiger partial charge is 0.121 e. The van der Waals surface area contributed by atoms with Crippen LogP contribution in [0, 0.1) is 0 Å². The Hall–Kier alpha value is -2.59. The summed E-state index contributed by atoms with van der Waals surface area (Å²) in [6.07, 6.45) is 3.65. The summed E-state index contributed by atoms with van der Waals surface area (Å²) in [6, 6.07) is 17.9. The molecule has 0 aliphatic rings. The van der Waals surface area contributed by atoms with Gasteiger partial charge in [-0.15, -0.1) is 0 Å². The first-order valence-electron chi connectivity index (χ1n) is 6.86. The molecule has 3 rings (SSSR count). The molecule has 2 aromatic carbocycles. The van der Waals surface area contributed by atoms with Gasteiger partial charge in [-0.3, -0.25) is 0 Å². The zero-order valence-corrected chi connectivity index (χ0v) is 11.6. The standard InChI is InChI=1S/C17H17N3O/c18-12-15-7-8-16(11-17(15)20-10-4-9-19-20)21-13-14-5-2-1-3-6-14/h1-11H,12-13,18H2. The molecule has 0 spiro atoms. The molecule has 106 valence electrons. The van der Waals surface area contributed by atoms with Gasteiger partial charge in [0.05, 0.1) is 5.69 Å². The second-order valence-corrected chi connectivity index (χ2v) is 4.72. The lowest BCUT2D eigenvalue weighted by Gasteiger charge is -2.12. The second-order valence-electron chi connectivity index (χ2n) is 4.72. The van der Waals surface area contributed by atoms with Crippen LogP contribution in [-0.2, 0) is 13.2 Å². The van der Waals surface area contributed by atoms with Crippen molar-refractivity contribution in [2.45, 2.75) is 13.2 Å². The molecule has 0 atom stereocenters. The van der Waals surface area contributed by atoms with Gasteiger partial charge in [-0.25, -0.2) is 4.68 Å². The fraction of sp³-hybridized carbons (Fsp3) is 0.118. The van der Waals surface area contributed by atoms with E-state index < -0.39 is 0 Å². The zero-order valence-electron chi connectivity index (χ0n) is 11.6. The molecule has 0 aliphatic carbocycles. The molecule has 2 N–H and O–H groups in total. The Bertz CT molecular complexity index is 693. The van der Waals surface area contributed by atoms with E-state index in [2.05, 4.69) is 5.10 Å². The third-order valence-corrected chi connectivity index (χ3v) is 3.28. The van der Waals surface area contributed by atoms with Crippen LogP contribution in [0.15, 0.2) is 67.0 Å². The van der Waals surface area contributed by atoms with Crippen LogP contribution in [0.25, 0.3) is 5.69 Å². The van der Waals surface area contributed by atoms with Gasteiger partial charge in [0.15, 0.2) is 0 Å². The summed E-state index contributed by atoms with van der Waals surface area (Å²) in [7, 11) is 0. The summed E-state index contributed by atoms with van der Waals surface area (Å²) >= 11 is 0. The topological polar surface area (TPSA) is 53.1 Å². The Balaban J connectivity index is 1.82. The quantitative estimate of drug-likeness (QED) is 0.781. The number of hydrogen-bond acceptors (Lipinski definition) is 3. The molecular formula is C17H17N3O. The summed E-state index contributed by atoms with van der Waals surface area (Å²) in [5.41, 5.74) is 8.91. The maximum Gasteiger partial charge on any atom is 0.121 e. The van der Waals surface area contributed by atoms with Gasteiger partial charge >= 0.3 is 0 Å². The number of benzene rings is 2. The van der Waals surface area contributed by atoms with Gasteiger partial charge in [0.1, 0.15) is 12.4 Å². The molecule has 1 heterocycles. The highest BCUT2D eigenvalue weighted by Gasteiger charge is 2.06. The molecule has 0 saturated heterocycles. The van der Waals surface area contributed by atoms with E-state index in [-0.39, 0.29) is 0 Å². The van der Waals surface area contributed by atoms with Crippen LogP contribution >= 0.6 is 0 Å². The third kappa shape index (κ3) is 3.12. The molecule has 0 bridgehead atoms. The van der Waals surface area contributed by atoms with Crippen LogP contribution in [0.4, 0.5) is 0 Å². The van der Waals surface area contributed by atoms with E-state index in [1.54, 1.807) is 10.9 Å². The number of hydrogen-bond donors (Lipinski definition) is 1. The first kappa shape index (κ1) is 13.4. The lowest BCUT2D eigenvalue weighted by molar-refractivity contribution is 0.306. The number of nitrogens with two attached hydrogens (primary N) is 1. The fourth-order valence-electron chi connectivity index (χ4n) is 2.17. The van der Waals surface area contributed by atoms with Gasteiger partial charge in [0.2, 0.25) is 0 Å². The minimum absolute atomic E-state index is 0.466. The molecule has 1 aromatic heterocycles. The molecule has 0 radical (unpaired) electrons. The van der Waals surface area contributed by atoms with Crippen molar-refractivity contribution in [1.82, 2.24) is 9.78 Å². The largest absolute Gasteiger partial charge is 0.489 e. The van der Waals surface area contributed by atoms with E-state index in [0.717, 1.165) is 22.6 Å². The summed E-state index contributed by atoms with van der Waals surface area (Å²) < 4.78 is 7.65. The van der Waals surface area contributed by atoms with E-state index in [1.807, 2.05) is 60.8 Å². The molecule has 4 heteroatoms. The predicted molar refractivity (Wildman–Crippen MR) is 82.2 cm³/mol. The van der Waals surface area contributed by atoms with Crippen molar-refractivity contribution in [1.29, 1.82) is 0 Å². The SMILES string of the molecule is NCc1ccc(OCc2ccccc2)cc1-n1cccn1. The van der Waals surface area contributed by atoms with Gasteiger partial charge < -0.3 is 10.5 Å². The van der Waals surface area contributed by atoms with Crippen LogP contribution in [0.3, 0.4) is 0 Å². The monoisotopic (exact) mass is 279 g/mol. The van der Waals surface area contributed by atoms with Crippen molar-refractivity contribution in [3.8, 4) is 11.4 Å². The average Bonchev–Trinajstić information content (AvgIpc) is 3.08. The van der Waals surface area contributed by atoms with Gasteiger partial charge in [-0.1, -0.05) is 36.4 Å². The Morgan fingerprint density at radius 3 is 2.62 bits per heavy atom. The minimum Gasteiger partial charge on any atom is -0.489 e. The molecule has 0 fully saturated rings. The van der Waals surface area contributed by atoms with Crippen LogP contribution in [0.1, 0.15) is 11.1 Å². The molecule has 0 amide bonds. The number of aromatic nitrogens is 2. The van der Waals surface area contributed by atoms with Crippen molar-refractivity contribution in [2.24, 2.45) is 5.73 Å². The van der Waals surface area contributed by atoms with Crippen LogP contribution in [0.2, 0.25) is 0 Å². The predicted octanol–water partition coefficient (Wildman–Crippen LogP) is 2.91. The summed E-state index contributed by atoms with van der Waals surface area (Å²) in [5.74, 6) is 0.807. The highest BCUT2D eigenvalue weighted by atomic mass is 16.5. The van der Waals surface area contributed by atoms with E-state index >= 15 is 0 Å². The Morgan fingerprint density at radius 2 is 1.90 bits per heavy atom. The van der Waals surface area contributed by atoms with Gasteiger partial charge in [0.25, 0.3) is 0 Å². The molecule has 3 aromatic rings. The highest BCUT2D eigenvalue weighted by molar-refractivity contribution is 5.46. The number of nitrogens with zero attached hydrogens (tertiary/aromatic N) is 2. The third-order valence-electron chi connectivity index (χ3n) is 3.28. The van der Waals surface area contributed by atoms with Gasteiger partial charge in [0, 0.05) is 25.0 Å². The van der Waals surface area contributed by atoms with Crippen molar-refractivity contribution < 1.29 is 4.74 Å². The van der Waals surface area contributed by atoms with Crippen molar-refractivity contribution in [3.05, 3.63) is 78.1 Å². The number of ether oxygens (including phenoxy) is 1. The van der Waals surface area contributed by atoms with E-state index in [0.29, 0.717) is 13.2 Å². The van der Waals surface area contributed by atoms with Crippen LogP contribution in [0.5, 0.6) is 5.75 Å². The van der Waals surface area contributed by atoms with E-state index in [1.165, 1.54) is 0 Å². The normalized spacial score (nSPS) is 10.5. The molecular weight excluding hydrogens is 262 g/mol. The zero-order chi connectivity index (χ0) is 14.5. The van der Waals surface area contributed by atoms with Crippen molar-refractivity contribution >= 4 is 0 Å². The average molecular weight is 279 g/mol. The first-order chi connectivity index (χ1) is 10.4. The van der Waals surface area contributed by atoms with Crippen molar-refractivity contribution in [3.63, 3.8) is 0 Å². The maximum absolute atomic E-state index is 5.85. The molecule has 0 unspecified atom stereocenters. The molecule has 0 aliphatic heterocycles. The summed E-state index contributed by atoms with van der Waals surface area (Å²) in [5, 5.41) is 4.26. The lowest BCUT2D eigenvalue weighted by atomic mass is 10.1. The summed E-state index contributed by atoms with van der Waals surface area (Å²) in [4.78, 5) is 0. The Kier molecular flexibility index (Phi) is 3.98.